The van der Waals surface area contributed by atoms with Gasteiger partial charge in [0.25, 0.3) is 0 Å². The molecule has 0 spiro atoms. The fraction of sp³-hybridized carbons (Fsp3) is 0.714. The van der Waals surface area contributed by atoms with Gasteiger partial charge in [0.1, 0.15) is 0 Å². The summed E-state index contributed by atoms with van der Waals surface area (Å²) in [6, 6.07) is 0. The van der Waals surface area contributed by atoms with Gasteiger partial charge < -0.3 is 5.11 Å². The Morgan fingerprint density at radius 1 is 1.73 bits per heavy atom. The van der Waals surface area contributed by atoms with E-state index in [9.17, 15) is 5.11 Å². The normalized spacial score (nSPS) is 23.1. The lowest BCUT2D eigenvalue weighted by molar-refractivity contribution is 0.148. The van der Waals surface area contributed by atoms with Crippen LogP contribution in [0.1, 0.15) is 25.5 Å². The fourth-order valence-corrected chi connectivity index (χ4v) is 1.97. The third-order valence-corrected chi connectivity index (χ3v) is 2.96. The lowest BCUT2D eigenvalue weighted by atomic mass is 9.98. The van der Waals surface area contributed by atoms with Crippen LogP contribution in [0.3, 0.4) is 0 Å². The topological polar surface area (TPSA) is 46.0 Å². The molecule has 11 heavy (non-hydrogen) atoms. The first kappa shape index (κ1) is 7.18. The predicted octanol–water partition coefficient (Wildman–Crippen LogP) is 0.950. The van der Waals surface area contributed by atoms with Crippen LogP contribution < -0.4 is 0 Å². The van der Waals surface area contributed by atoms with Gasteiger partial charge in [-0.15, -0.1) is 5.10 Å². The van der Waals surface area contributed by atoms with Crippen molar-refractivity contribution in [1.29, 1.82) is 0 Å². The minimum atomic E-state index is -0.286. The maximum Gasteiger partial charge on any atom is 0.0842 e. The molecule has 1 aromatic heterocycles. The second-order valence-corrected chi connectivity index (χ2v) is 3.73. The van der Waals surface area contributed by atoms with Gasteiger partial charge in [-0.05, 0) is 31.3 Å². The van der Waals surface area contributed by atoms with Crippen molar-refractivity contribution in [3.8, 4) is 0 Å². The molecule has 0 aromatic carbocycles. The summed E-state index contributed by atoms with van der Waals surface area (Å²) in [4.78, 5) is 0. The van der Waals surface area contributed by atoms with Crippen LogP contribution in [0.25, 0.3) is 0 Å². The first-order valence-corrected chi connectivity index (χ1v) is 4.55. The van der Waals surface area contributed by atoms with Crippen molar-refractivity contribution >= 4 is 11.5 Å². The van der Waals surface area contributed by atoms with E-state index in [4.69, 9.17) is 0 Å². The molecule has 1 heterocycles. The van der Waals surface area contributed by atoms with E-state index in [0.717, 1.165) is 18.5 Å². The van der Waals surface area contributed by atoms with E-state index in [1.807, 2.05) is 12.3 Å². The fourth-order valence-electron chi connectivity index (χ4n) is 1.40. The molecule has 0 saturated heterocycles. The van der Waals surface area contributed by atoms with Crippen molar-refractivity contribution in [1.82, 2.24) is 9.59 Å². The number of hydrogen-bond acceptors (Lipinski definition) is 4. The summed E-state index contributed by atoms with van der Waals surface area (Å²) < 4.78 is 3.79. The smallest absolute Gasteiger partial charge is 0.0842 e. The van der Waals surface area contributed by atoms with Crippen LogP contribution in [-0.4, -0.2) is 20.8 Å². The molecule has 0 amide bonds. The van der Waals surface area contributed by atoms with Crippen LogP contribution in [0.5, 0.6) is 0 Å². The average Bonchev–Trinajstić information content (AvgIpc) is 2.61. The standard InChI is InChI=1S/C7H10N2OS/c1-5(10)7(2-3-7)6-4-11-9-8-6/h4-5,10H,2-3H2,1H3. The molecule has 1 aliphatic rings. The zero-order valence-electron chi connectivity index (χ0n) is 6.32. The average molecular weight is 170 g/mol. The van der Waals surface area contributed by atoms with Gasteiger partial charge in [0.05, 0.1) is 11.8 Å². The molecule has 1 N–H and O–H groups in total. The largest absolute Gasteiger partial charge is 0.392 e. The molecule has 0 bridgehead atoms. The number of aromatic nitrogens is 2. The van der Waals surface area contributed by atoms with Crippen molar-refractivity contribution in [3.05, 3.63) is 11.1 Å². The molecule has 4 heteroatoms. The second kappa shape index (κ2) is 2.25. The van der Waals surface area contributed by atoms with Gasteiger partial charge in [-0.3, -0.25) is 0 Å². The number of nitrogens with zero attached hydrogens (tertiary/aromatic N) is 2. The Hall–Kier alpha value is -0.480. The van der Waals surface area contributed by atoms with Crippen molar-refractivity contribution in [3.63, 3.8) is 0 Å². The molecule has 1 fully saturated rings. The van der Waals surface area contributed by atoms with Crippen LogP contribution in [-0.2, 0) is 5.41 Å². The Morgan fingerprint density at radius 3 is 2.82 bits per heavy atom. The first-order chi connectivity index (χ1) is 5.26. The van der Waals surface area contributed by atoms with Gasteiger partial charge in [0.2, 0.25) is 0 Å². The van der Waals surface area contributed by atoms with Gasteiger partial charge in [0.15, 0.2) is 0 Å². The van der Waals surface area contributed by atoms with E-state index in [-0.39, 0.29) is 11.5 Å². The first-order valence-electron chi connectivity index (χ1n) is 3.71. The van der Waals surface area contributed by atoms with Crippen LogP contribution in [0, 0.1) is 0 Å². The third kappa shape index (κ3) is 0.973. The molecule has 1 aromatic rings. The van der Waals surface area contributed by atoms with E-state index >= 15 is 0 Å². The van der Waals surface area contributed by atoms with E-state index in [2.05, 4.69) is 9.59 Å². The van der Waals surface area contributed by atoms with Gasteiger partial charge in [-0.2, -0.15) is 0 Å². The zero-order valence-corrected chi connectivity index (χ0v) is 7.14. The molecular weight excluding hydrogens is 160 g/mol. The maximum atomic E-state index is 9.45. The highest BCUT2D eigenvalue weighted by Crippen LogP contribution is 2.50. The Morgan fingerprint density at radius 2 is 2.45 bits per heavy atom. The monoisotopic (exact) mass is 170 g/mol. The second-order valence-electron chi connectivity index (χ2n) is 3.12. The Balaban J connectivity index is 2.29. The van der Waals surface area contributed by atoms with Crippen molar-refractivity contribution < 1.29 is 5.11 Å². The number of hydrogen-bond donors (Lipinski definition) is 1. The van der Waals surface area contributed by atoms with E-state index in [1.54, 1.807) is 0 Å². The summed E-state index contributed by atoms with van der Waals surface area (Å²) in [6.07, 6.45) is 1.82. The molecule has 0 aliphatic heterocycles. The predicted molar refractivity (Wildman–Crippen MR) is 42.5 cm³/mol. The van der Waals surface area contributed by atoms with Crippen LogP contribution in [0.2, 0.25) is 0 Å². The number of aliphatic hydroxyl groups excluding tert-OH is 1. The number of rotatable bonds is 2. The Kier molecular flexibility index (Phi) is 1.47. The Labute approximate surface area is 69.2 Å². The van der Waals surface area contributed by atoms with E-state index in [0.29, 0.717) is 0 Å². The van der Waals surface area contributed by atoms with Crippen LogP contribution in [0.4, 0.5) is 0 Å². The summed E-state index contributed by atoms with van der Waals surface area (Å²) in [5, 5.41) is 15.4. The molecular formula is C7H10N2OS. The molecule has 1 saturated carbocycles. The van der Waals surface area contributed by atoms with Crippen LogP contribution >= 0.6 is 11.5 Å². The SMILES string of the molecule is CC(O)C1(c2csnn2)CC1. The summed E-state index contributed by atoms with van der Waals surface area (Å²) in [6.45, 7) is 1.83. The molecule has 2 rings (SSSR count). The van der Waals surface area contributed by atoms with Crippen molar-refractivity contribution in [2.24, 2.45) is 0 Å². The van der Waals surface area contributed by atoms with Gasteiger partial charge in [-0.25, -0.2) is 0 Å². The third-order valence-electron chi connectivity index (χ3n) is 2.46. The van der Waals surface area contributed by atoms with E-state index in [1.165, 1.54) is 11.5 Å². The van der Waals surface area contributed by atoms with Crippen molar-refractivity contribution in [2.45, 2.75) is 31.3 Å². The highest BCUT2D eigenvalue weighted by molar-refractivity contribution is 7.03. The molecule has 0 radical (unpaired) electrons. The summed E-state index contributed by atoms with van der Waals surface area (Å²) >= 11 is 1.35. The molecule has 1 atom stereocenters. The minimum absolute atomic E-state index is 0.0347. The molecule has 1 unspecified atom stereocenters. The maximum absolute atomic E-state index is 9.45. The van der Waals surface area contributed by atoms with Gasteiger partial charge in [0, 0.05) is 10.8 Å². The number of aliphatic hydroxyl groups is 1. The summed E-state index contributed by atoms with van der Waals surface area (Å²) in [5.41, 5.74) is 0.935. The molecule has 3 nitrogen and oxygen atoms in total. The zero-order chi connectivity index (χ0) is 7.90. The summed E-state index contributed by atoms with van der Waals surface area (Å²) in [5.74, 6) is 0. The highest BCUT2D eigenvalue weighted by atomic mass is 32.1. The quantitative estimate of drug-likeness (QED) is 0.718. The highest BCUT2D eigenvalue weighted by Gasteiger charge is 2.50. The lowest BCUT2D eigenvalue weighted by Gasteiger charge is -2.14. The lowest BCUT2D eigenvalue weighted by Crippen LogP contribution is -2.22. The van der Waals surface area contributed by atoms with Crippen molar-refractivity contribution in [2.75, 3.05) is 0 Å². The van der Waals surface area contributed by atoms with E-state index < -0.39 is 0 Å². The Bertz CT molecular complexity index is 241. The molecule has 60 valence electrons. The molecule has 1 aliphatic carbocycles. The van der Waals surface area contributed by atoms with Crippen LogP contribution in [0.15, 0.2) is 5.38 Å². The summed E-state index contributed by atoms with van der Waals surface area (Å²) in [7, 11) is 0. The minimum Gasteiger partial charge on any atom is -0.392 e. The van der Waals surface area contributed by atoms with Gasteiger partial charge in [-0.1, -0.05) is 4.49 Å². The van der Waals surface area contributed by atoms with Gasteiger partial charge >= 0.3 is 0 Å².